The maximum Gasteiger partial charge on any atom is 0.151 e. The number of fused-ring (bicyclic) bond motifs is 1. The number of halogens is 2. The monoisotopic (exact) mass is 284 g/mol. The lowest BCUT2D eigenvalue weighted by molar-refractivity contribution is 0.153. The predicted molar refractivity (Wildman–Crippen MR) is 75.2 cm³/mol. The van der Waals surface area contributed by atoms with E-state index in [2.05, 4.69) is 11.9 Å². The standard InChI is InChI=1S/C14H18ClFN2O/c1-4-10(8-19-3)18-12-7-5-6-11(16)13(12)17-14(18)9(2)15/h5-7,9-10H,4,8H2,1-3H3. The van der Waals surface area contributed by atoms with Gasteiger partial charge in [0.1, 0.15) is 11.3 Å². The second-order valence-electron chi connectivity index (χ2n) is 4.58. The molecular formula is C14H18ClFN2O. The van der Waals surface area contributed by atoms with Crippen LogP contribution in [-0.4, -0.2) is 23.3 Å². The van der Waals surface area contributed by atoms with E-state index in [9.17, 15) is 4.39 Å². The number of hydrogen-bond acceptors (Lipinski definition) is 2. The van der Waals surface area contributed by atoms with Gasteiger partial charge in [0.25, 0.3) is 0 Å². The van der Waals surface area contributed by atoms with Crippen LogP contribution in [0.15, 0.2) is 18.2 Å². The molecule has 0 aliphatic rings. The molecule has 0 fully saturated rings. The largest absolute Gasteiger partial charge is 0.383 e. The number of aromatic nitrogens is 2. The van der Waals surface area contributed by atoms with Gasteiger partial charge in [-0.15, -0.1) is 11.6 Å². The number of ether oxygens (including phenoxy) is 1. The van der Waals surface area contributed by atoms with Gasteiger partial charge in [0, 0.05) is 7.11 Å². The van der Waals surface area contributed by atoms with E-state index in [4.69, 9.17) is 16.3 Å². The van der Waals surface area contributed by atoms with E-state index in [1.165, 1.54) is 6.07 Å². The maximum absolute atomic E-state index is 13.8. The van der Waals surface area contributed by atoms with E-state index in [0.717, 1.165) is 11.9 Å². The molecule has 2 atom stereocenters. The lowest BCUT2D eigenvalue weighted by Crippen LogP contribution is -2.16. The number of nitrogens with zero attached hydrogens (tertiary/aromatic N) is 2. The van der Waals surface area contributed by atoms with Crippen molar-refractivity contribution in [2.45, 2.75) is 31.7 Å². The molecule has 3 nitrogen and oxygen atoms in total. The van der Waals surface area contributed by atoms with E-state index in [-0.39, 0.29) is 17.2 Å². The average molecular weight is 285 g/mol. The third-order valence-electron chi connectivity index (χ3n) is 3.25. The molecule has 0 aliphatic carbocycles. The Hall–Kier alpha value is -1.13. The van der Waals surface area contributed by atoms with Gasteiger partial charge in [-0.2, -0.15) is 0 Å². The Morgan fingerprint density at radius 3 is 2.79 bits per heavy atom. The Morgan fingerprint density at radius 2 is 2.21 bits per heavy atom. The van der Waals surface area contributed by atoms with Gasteiger partial charge in [-0.25, -0.2) is 9.37 Å². The minimum absolute atomic E-state index is 0.105. The molecule has 0 N–H and O–H groups in total. The molecule has 0 saturated heterocycles. The van der Waals surface area contributed by atoms with Crippen molar-refractivity contribution in [1.29, 1.82) is 0 Å². The van der Waals surface area contributed by atoms with Gasteiger partial charge in [-0.1, -0.05) is 13.0 Å². The van der Waals surface area contributed by atoms with Gasteiger partial charge in [0.2, 0.25) is 0 Å². The fraction of sp³-hybridized carbons (Fsp3) is 0.500. The highest BCUT2D eigenvalue weighted by Crippen LogP contribution is 2.30. The number of alkyl halides is 1. The molecule has 104 valence electrons. The van der Waals surface area contributed by atoms with Crippen LogP contribution < -0.4 is 0 Å². The van der Waals surface area contributed by atoms with Gasteiger partial charge in [-0.3, -0.25) is 0 Å². The molecule has 2 rings (SSSR count). The zero-order valence-corrected chi connectivity index (χ0v) is 12.1. The molecule has 2 unspecified atom stereocenters. The van der Waals surface area contributed by atoms with Crippen LogP contribution in [0.2, 0.25) is 0 Å². The van der Waals surface area contributed by atoms with Crippen LogP contribution in [0.3, 0.4) is 0 Å². The van der Waals surface area contributed by atoms with Crippen LogP contribution in [0.4, 0.5) is 4.39 Å². The molecule has 0 spiro atoms. The highest BCUT2D eigenvalue weighted by Gasteiger charge is 2.22. The maximum atomic E-state index is 13.8. The summed E-state index contributed by atoms with van der Waals surface area (Å²) in [6, 6.07) is 5.08. The zero-order chi connectivity index (χ0) is 14.0. The van der Waals surface area contributed by atoms with E-state index in [1.807, 2.05) is 17.6 Å². The first-order valence-electron chi connectivity index (χ1n) is 6.39. The third kappa shape index (κ3) is 2.60. The lowest BCUT2D eigenvalue weighted by Gasteiger charge is -2.20. The summed E-state index contributed by atoms with van der Waals surface area (Å²) in [5.74, 6) is 0.368. The Labute approximate surface area is 117 Å². The number of para-hydroxylation sites is 1. The van der Waals surface area contributed by atoms with Crippen LogP contribution in [0.25, 0.3) is 11.0 Å². The summed E-state index contributed by atoms with van der Waals surface area (Å²) in [7, 11) is 1.66. The minimum Gasteiger partial charge on any atom is -0.383 e. The molecule has 0 bridgehead atoms. The van der Waals surface area contributed by atoms with Gasteiger partial charge in [0.05, 0.1) is 23.5 Å². The molecule has 1 heterocycles. The summed E-state index contributed by atoms with van der Waals surface area (Å²) in [5.41, 5.74) is 1.14. The van der Waals surface area contributed by atoms with E-state index >= 15 is 0 Å². The first kappa shape index (κ1) is 14.3. The normalized spacial score (nSPS) is 14.8. The van der Waals surface area contributed by atoms with Crippen molar-refractivity contribution in [1.82, 2.24) is 9.55 Å². The van der Waals surface area contributed by atoms with E-state index in [1.54, 1.807) is 13.2 Å². The smallest absolute Gasteiger partial charge is 0.151 e. The second kappa shape index (κ2) is 5.88. The van der Waals surface area contributed by atoms with Crippen molar-refractivity contribution in [2.75, 3.05) is 13.7 Å². The Kier molecular flexibility index (Phi) is 4.42. The highest BCUT2D eigenvalue weighted by atomic mass is 35.5. The summed E-state index contributed by atoms with van der Waals surface area (Å²) in [6.45, 7) is 4.46. The Balaban J connectivity index is 2.67. The minimum atomic E-state index is -0.318. The van der Waals surface area contributed by atoms with Crippen LogP contribution in [0.1, 0.15) is 37.5 Å². The summed E-state index contributed by atoms with van der Waals surface area (Å²) >= 11 is 6.19. The van der Waals surface area contributed by atoms with E-state index < -0.39 is 0 Å². The summed E-state index contributed by atoms with van der Waals surface area (Å²) < 4.78 is 21.1. The third-order valence-corrected chi connectivity index (χ3v) is 3.44. The average Bonchev–Trinajstić information content (AvgIpc) is 2.77. The van der Waals surface area contributed by atoms with Gasteiger partial charge < -0.3 is 9.30 Å². The predicted octanol–water partition coefficient (Wildman–Crippen LogP) is 4.07. The Bertz CT molecular complexity index is 568. The van der Waals surface area contributed by atoms with Crippen molar-refractivity contribution in [3.8, 4) is 0 Å². The van der Waals surface area contributed by atoms with E-state index in [0.29, 0.717) is 17.9 Å². The highest BCUT2D eigenvalue weighted by molar-refractivity contribution is 6.20. The topological polar surface area (TPSA) is 27.1 Å². The molecule has 19 heavy (non-hydrogen) atoms. The number of rotatable bonds is 5. The molecule has 0 amide bonds. The molecule has 5 heteroatoms. The fourth-order valence-electron chi connectivity index (χ4n) is 2.33. The van der Waals surface area contributed by atoms with Crippen molar-refractivity contribution < 1.29 is 9.13 Å². The molecule has 0 aliphatic heterocycles. The molecule has 0 radical (unpaired) electrons. The molecule has 0 saturated carbocycles. The number of benzene rings is 1. The first-order valence-corrected chi connectivity index (χ1v) is 6.83. The number of methoxy groups -OCH3 is 1. The summed E-state index contributed by atoms with van der Waals surface area (Å²) in [5, 5.41) is -0.280. The molecule has 2 aromatic rings. The van der Waals surface area contributed by atoms with Gasteiger partial charge in [0.15, 0.2) is 5.82 Å². The summed E-state index contributed by atoms with van der Waals surface area (Å²) in [4.78, 5) is 4.36. The molecular weight excluding hydrogens is 267 g/mol. The van der Waals surface area contributed by atoms with Crippen molar-refractivity contribution in [3.63, 3.8) is 0 Å². The second-order valence-corrected chi connectivity index (χ2v) is 5.24. The summed E-state index contributed by atoms with van der Waals surface area (Å²) in [6.07, 6.45) is 0.867. The quantitative estimate of drug-likeness (QED) is 0.774. The first-order chi connectivity index (χ1) is 9.10. The zero-order valence-electron chi connectivity index (χ0n) is 11.4. The lowest BCUT2D eigenvalue weighted by atomic mass is 10.2. The van der Waals surface area contributed by atoms with Crippen LogP contribution in [-0.2, 0) is 4.74 Å². The van der Waals surface area contributed by atoms with Crippen molar-refractivity contribution >= 4 is 22.6 Å². The van der Waals surface area contributed by atoms with Crippen LogP contribution >= 0.6 is 11.6 Å². The van der Waals surface area contributed by atoms with Gasteiger partial charge in [-0.05, 0) is 25.5 Å². The van der Waals surface area contributed by atoms with Crippen molar-refractivity contribution in [3.05, 3.63) is 29.8 Å². The van der Waals surface area contributed by atoms with Crippen molar-refractivity contribution in [2.24, 2.45) is 0 Å². The SMILES string of the molecule is CCC(COC)n1c(C(C)Cl)nc2c(F)cccc21. The fourth-order valence-corrected chi connectivity index (χ4v) is 2.49. The molecule has 1 aromatic heterocycles. The molecule has 1 aromatic carbocycles. The Morgan fingerprint density at radius 1 is 1.47 bits per heavy atom. The van der Waals surface area contributed by atoms with Gasteiger partial charge >= 0.3 is 0 Å². The van der Waals surface area contributed by atoms with Crippen LogP contribution in [0, 0.1) is 5.82 Å². The van der Waals surface area contributed by atoms with Crippen LogP contribution in [0.5, 0.6) is 0 Å². The number of imidazole rings is 1. The number of hydrogen-bond donors (Lipinski definition) is 0.